The Kier molecular flexibility index (Phi) is 4.05. The standard InChI is InChI=1S/C15H17FN2O2/c1-15(14(19)20)5-2-6-18(10-15)9-12-4-3-11(8-17)7-13(12)16/h3-4,7H,2,5-6,9-10H2,1H3,(H,19,20). The van der Waals surface area contributed by atoms with Gasteiger partial charge in [0.25, 0.3) is 0 Å². The maximum Gasteiger partial charge on any atom is 0.310 e. The van der Waals surface area contributed by atoms with Gasteiger partial charge in [0.05, 0.1) is 17.0 Å². The molecule has 0 radical (unpaired) electrons. The summed E-state index contributed by atoms with van der Waals surface area (Å²) in [5, 5.41) is 18.0. The lowest BCUT2D eigenvalue weighted by atomic mass is 9.82. The molecule has 1 N–H and O–H groups in total. The van der Waals surface area contributed by atoms with E-state index in [-0.39, 0.29) is 0 Å². The molecule has 1 saturated heterocycles. The van der Waals surface area contributed by atoms with E-state index in [0.29, 0.717) is 30.6 Å². The number of rotatable bonds is 3. The molecule has 1 aliphatic heterocycles. The Morgan fingerprint density at radius 2 is 2.35 bits per heavy atom. The lowest BCUT2D eigenvalue weighted by molar-refractivity contribution is -0.151. The second-order valence-electron chi connectivity index (χ2n) is 5.60. The molecule has 0 bridgehead atoms. The van der Waals surface area contributed by atoms with Crippen LogP contribution in [-0.4, -0.2) is 29.1 Å². The van der Waals surface area contributed by atoms with Crippen LogP contribution in [0.25, 0.3) is 0 Å². The van der Waals surface area contributed by atoms with E-state index in [1.165, 1.54) is 6.07 Å². The van der Waals surface area contributed by atoms with Crippen molar-refractivity contribution in [1.29, 1.82) is 5.26 Å². The van der Waals surface area contributed by atoms with Crippen molar-refractivity contribution in [3.8, 4) is 6.07 Å². The lowest BCUT2D eigenvalue weighted by Crippen LogP contribution is -2.45. The molecular weight excluding hydrogens is 259 g/mol. The van der Waals surface area contributed by atoms with E-state index in [0.717, 1.165) is 13.0 Å². The van der Waals surface area contributed by atoms with Crippen LogP contribution >= 0.6 is 0 Å². The molecule has 1 aromatic carbocycles. The fourth-order valence-corrected chi connectivity index (χ4v) is 2.64. The molecular formula is C15H17FN2O2. The number of hydrogen-bond acceptors (Lipinski definition) is 3. The highest BCUT2D eigenvalue weighted by atomic mass is 19.1. The number of carboxylic acid groups (broad SMARTS) is 1. The van der Waals surface area contributed by atoms with Crippen molar-refractivity contribution in [1.82, 2.24) is 4.90 Å². The van der Waals surface area contributed by atoms with Crippen LogP contribution in [0.5, 0.6) is 0 Å². The Labute approximate surface area is 117 Å². The Balaban J connectivity index is 2.11. The second-order valence-corrected chi connectivity index (χ2v) is 5.60. The molecule has 4 nitrogen and oxygen atoms in total. The summed E-state index contributed by atoms with van der Waals surface area (Å²) in [6.45, 7) is 3.29. The number of nitriles is 1. The van der Waals surface area contributed by atoms with Gasteiger partial charge in [-0.05, 0) is 38.4 Å². The zero-order valence-electron chi connectivity index (χ0n) is 11.4. The fraction of sp³-hybridized carbons (Fsp3) is 0.467. The Bertz CT molecular complexity index is 567. The lowest BCUT2D eigenvalue weighted by Gasteiger charge is -2.37. The average molecular weight is 276 g/mol. The van der Waals surface area contributed by atoms with Crippen LogP contribution in [0.1, 0.15) is 30.9 Å². The van der Waals surface area contributed by atoms with Gasteiger partial charge in [0.15, 0.2) is 0 Å². The highest BCUT2D eigenvalue weighted by Crippen LogP contribution is 2.30. The number of aliphatic carboxylic acids is 1. The number of piperidine rings is 1. The first-order valence-corrected chi connectivity index (χ1v) is 6.59. The number of likely N-dealkylation sites (tertiary alicyclic amines) is 1. The molecule has 1 aromatic rings. The quantitative estimate of drug-likeness (QED) is 0.920. The molecule has 0 spiro atoms. The molecule has 106 valence electrons. The van der Waals surface area contributed by atoms with E-state index in [9.17, 15) is 14.3 Å². The smallest absolute Gasteiger partial charge is 0.310 e. The minimum absolute atomic E-state index is 0.292. The molecule has 20 heavy (non-hydrogen) atoms. The number of benzene rings is 1. The zero-order chi connectivity index (χ0) is 14.8. The highest BCUT2D eigenvalue weighted by Gasteiger charge is 2.37. The average Bonchev–Trinajstić information content (AvgIpc) is 2.41. The summed E-state index contributed by atoms with van der Waals surface area (Å²) < 4.78 is 13.8. The van der Waals surface area contributed by atoms with E-state index < -0.39 is 17.2 Å². The summed E-state index contributed by atoms with van der Waals surface area (Å²) in [7, 11) is 0. The Morgan fingerprint density at radius 1 is 1.60 bits per heavy atom. The van der Waals surface area contributed by atoms with Gasteiger partial charge in [-0.25, -0.2) is 4.39 Å². The molecule has 1 heterocycles. The van der Waals surface area contributed by atoms with Crippen LogP contribution in [0.3, 0.4) is 0 Å². The van der Waals surface area contributed by atoms with Crippen LogP contribution in [0.4, 0.5) is 4.39 Å². The van der Waals surface area contributed by atoms with Gasteiger partial charge in [-0.2, -0.15) is 5.26 Å². The minimum atomic E-state index is -0.803. The summed E-state index contributed by atoms with van der Waals surface area (Å²) in [6, 6.07) is 6.29. The van der Waals surface area contributed by atoms with Crippen LogP contribution < -0.4 is 0 Å². The predicted molar refractivity (Wildman–Crippen MR) is 71.4 cm³/mol. The number of carbonyl (C=O) groups is 1. The summed E-state index contributed by atoms with van der Waals surface area (Å²) in [4.78, 5) is 13.2. The van der Waals surface area contributed by atoms with Gasteiger partial charge < -0.3 is 5.11 Å². The van der Waals surface area contributed by atoms with Gasteiger partial charge in [0.2, 0.25) is 0 Å². The number of hydrogen-bond donors (Lipinski definition) is 1. The maximum atomic E-state index is 13.8. The van der Waals surface area contributed by atoms with Gasteiger partial charge in [0, 0.05) is 18.7 Å². The van der Waals surface area contributed by atoms with Crippen molar-refractivity contribution in [2.45, 2.75) is 26.3 Å². The predicted octanol–water partition coefficient (Wildman–Crippen LogP) is 2.38. The molecule has 0 aliphatic carbocycles. The number of nitrogens with zero attached hydrogens (tertiary/aromatic N) is 2. The summed E-state index contributed by atoms with van der Waals surface area (Å²) >= 11 is 0. The van der Waals surface area contributed by atoms with Crippen molar-refractivity contribution in [2.24, 2.45) is 5.41 Å². The normalized spacial score (nSPS) is 23.2. The van der Waals surface area contributed by atoms with Crippen molar-refractivity contribution < 1.29 is 14.3 Å². The Morgan fingerprint density at radius 3 is 2.95 bits per heavy atom. The van der Waals surface area contributed by atoms with Gasteiger partial charge in [-0.15, -0.1) is 0 Å². The molecule has 5 heteroatoms. The van der Waals surface area contributed by atoms with E-state index in [1.807, 2.05) is 11.0 Å². The van der Waals surface area contributed by atoms with Crippen molar-refractivity contribution in [2.75, 3.05) is 13.1 Å². The third-order valence-corrected chi connectivity index (χ3v) is 3.87. The molecule has 1 atom stereocenters. The number of carboxylic acids is 1. The van der Waals surface area contributed by atoms with Crippen LogP contribution in [0.15, 0.2) is 18.2 Å². The van der Waals surface area contributed by atoms with Crippen LogP contribution in [0.2, 0.25) is 0 Å². The zero-order valence-corrected chi connectivity index (χ0v) is 11.4. The third-order valence-electron chi connectivity index (χ3n) is 3.87. The van der Waals surface area contributed by atoms with E-state index >= 15 is 0 Å². The fourth-order valence-electron chi connectivity index (χ4n) is 2.64. The molecule has 1 fully saturated rings. The summed E-state index contributed by atoms with van der Waals surface area (Å²) in [5.41, 5.74) is 0.0281. The summed E-state index contributed by atoms with van der Waals surface area (Å²) in [5.74, 6) is -1.21. The van der Waals surface area contributed by atoms with E-state index in [2.05, 4.69) is 0 Å². The monoisotopic (exact) mass is 276 g/mol. The third kappa shape index (κ3) is 2.97. The van der Waals surface area contributed by atoms with E-state index in [4.69, 9.17) is 5.26 Å². The molecule has 0 amide bonds. The molecule has 2 rings (SSSR count). The van der Waals surface area contributed by atoms with Gasteiger partial charge in [-0.3, -0.25) is 9.69 Å². The largest absolute Gasteiger partial charge is 0.481 e. The van der Waals surface area contributed by atoms with Crippen LogP contribution in [-0.2, 0) is 11.3 Å². The summed E-state index contributed by atoms with van der Waals surface area (Å²) in [6.07, 6.45) is 1.44. The van der Waals surface area contributed by atoms with Crippen LogP contribution in [0, 0.1) is 22.6 Å². The van der Waals surface area contributed by atoms with Gasteiger partial charge in [-0.1, -0.05) is 6.07 Å². The van der Waals surface area contributed by atoms with Gasteiger partial charge in [0.1, 0.15) is 5.82 Å². The highest BCUT2D eigenvalue weighted by molar-refractivity contribution is 5.74. The van der Waals surface area contributed by atoms with Gasteiger partial charge >= 0.3 is 5.97 Å². The first-order chi connectivity index (χ1) is 9.44. The Hall–Kier alpha value is -1.93. The minimum Gasteiger partial charge on any atom is -0.481 e. The maximum absolute atomic E-state index is 13.8. The van der Waals surface area contributed by atoms with Crippen molar-refractivity contribution in [3.63, 3.8) is 0 Å². The topological polar surface area (TPSA) is 64.3 Å². The molecule has 0 aromatic heterocycles. The molecule has 0 saturated carbocycles. The first kappa shape index (κ1) is 14.5. The number of halogens is 1. The molecule has 1 aliphatic rings. The van der Waals surface area contributed by atoms with E-state index in [1.54, 1.807) is 19.1 Å². The van der Waals surface area contributed by atoms with Crippen molar-refractivity contribution >= 4 is 5.97 Å². The first-order valence-electron chi connectivity index (χ1n) is 6.59. The second kappa shape index (κ2) is 5.59. The van der Waals surface area contributed by atoms with Crippen molar-refractivity contribution in [3.05, 3.63) is 35.1 Å². The molecule has 1 unspecified atom stereocenters. The SMILES string of the molecule is CC1(C(=O)O)CCCN(Cc2ccc(C#N)cc2F)C1.